The molecule has 0 aliphatic carbocycles. The van der Waals surface area contributed by atoms with Gasteiger partial charge in [0.2, 0.25) is 0 Å². The fraction of sp³-hybridized carbons (Fsp3) is 0.368. The van der Waals surface area contributed by atoms with Gasteiger partial charge in [-0.15, -0.1) is 0 Å². The standard InChI is InChI=1S/C19H25N3O5/c1-13(2)11-17(21-25-5)14(3)20-27-12-15-9-7-8-10-16(15)18(22-26-6)19(23)24-4/h7-11H,12H2,1-6H3/b20-14-,21-17-,22-18-. The van der Waals surface area contributed by atoms with Crippen LogP contribution in [-0.2, 0) is 30.7 Å². The van der Waals surface area contributed by atoms with Gasteiger partial charge >= 0.3 is 5.97 Å². The molecule has 0 unspecified atom stereocenters. The third-order valence-electron chi connectivity index (χ3n) is 3.24. The Morgan fingerprint density at radius 1 is 1.00 bits per heavy atom. The van der Waals surface area contributed by atoms with Gasteiger partial charge in [-0.2, -0.15) is 0 Å². The molecule has 0 N–H and O–H groups in total. The van der Waals surface area contributed by atoms with Crippen molar-refractivity contribution in [2.75, 3.05) is 21.3 Å². The third kappa shape index (κ3) is 6.93. The van der Waals surface area contributed by atoms with Crippen molar-refractivity contribution in [2.24, 2.45) is 15.5 Å². The summed E-state index contributed by atoms with van der Waals surface area (Å²) in [5, 5.41) is 11.8. The van der Waals surface area contributed by atoms with Crippen LogP contribution in [0.1, 0.15) is 31.9 Å². The summed E-state index contributed by atoms with van der Waals surface area (Å²) in [7, 11) is 4.10. The van der Waals surface area contributed by atoms with Crippen molar-refractivity contribution in [2.45, 2.75) is 27.4 Å². The van der Waals surface area contributed by atoms with E-state index in [0.29, 0.717) is 22.6 Å². The van der Waals surface area contributed by atoms with E-state index in [0.717, 1.165) is 5.57 Å². The Labute approximate surface area is 159 Å². The molecular formula is C19H25N3O5. The Morgan fingerprint density at radius 2 is 1.67 bits per heavy atom. The fourth-order valence-electron chi connectivity index (χ4n) is 2.08. The molecule has 0 aliphatic heterocycles. The topological polar surface area (TPSA) is 91.1 Å². The number of methoxy groups -OCH3 is 1. The van der Waals surface area contributed by atoms with Gasteiger partial charge in [0.1, 0.15) is 32.2 Å². The predicted octanol–water partition coefficient (Wildman–Crippen LogP) is 3.07. The Hall–Kier alpha value is -3.16. The second-order valence-corrected chi connectivity index (χ2v) is 5.60. The highest BCUT2D eigenvalue weighted by Crippen LogP contribution is 2.13. The lowest BCUT2D eigenvalue weighted by molar-refractivity contribution is -0.132. The summed E-state index contributed by atoms with van der Waals surface area (Å²) in [6.45, 7) is 5.76. The van der Waals surface area contributed by atoms with E-state index in [9.17, 15) is 4.79 Å². The monoisotopic (exact) mass is 375 g/mol. The van der Waals surface area contributed by atoms with Crippen molar-refractivity contribution in [3.05, 3.63) is 47.0 Å². The molecule has 1 aromatic carbocycles. The van der Waals surface area contributed by atoms with Crippen LogP contribution in [0.15, 0.2) is 51.4 Å². The Bertz CT molecular complexity index is 762. The first-order valence-electron chi connectivity index (χ1n) is 8.15. The highest BCUT2D eigenvalue weighted by Gasteiger charge is 2.19. The van der Waals surface area contributed by atoms with Crippen molar-refractivity contribution in [1.29, 1.82) is 0 Å². The summed E-state index contributed by atoms with van der Waals surface area (Å²) in [4.78, 5) is 27.0. The van der Waals surface area contributed by atoms with Crippen LogP contribution in [0.25, 0.3) is 0 Å². The quantitative estimate of drug-likeness (QED) is 0.376. The molecule has 0 heterocycles. The fourth-order valence-corrected chi connectivity index (χ4v) is 2.08. The SMILES string of the molecule is CO/N=C(C=C(C)C)\C(C)=N/OCc1ccccc1/C(=N/OC)C(=O)OC. The molecule has 0 amide bonds. The van der Waals surface area contributed by atoms with E-state index in [-0.39, 0.29) is 12.3 Å². The average molecular weight is 375 g/mol. The van der Waals surface area contributed by atoms with Gasteiger partial charge in [0.05, 0.1) is 7.11 Å². The van der Waals surface area contributed by atoms with Crippen LogP contribution in [0.5, 0.6) is 0 Å². The lowest BCUT2D eigenvalue weighted by Crippen LogP contribution is -2.19. The van der Waals surface area contributed by atoms with Gasteiger partial charge in [0.15, 0.2) is 5.71 Å². The molecule has 0 atom stereocenters. The smallest absolute Gasteiger partial charge is 0.360 e. The number of oxime groups is 3. The molecule has 1 rings (SSSR count). The van der Waals surface area contributed by atoms with Crippen molar-refractivity contribution in [3.8, 4) is 0 Å². The number of nitrogens with zero attached hydrogens (tertiary/aromatic N) is 3. The highest BCUT2D eigenvalue weighted by atomic mass is 16.6. The number of carbonyl (C=O) groups is 1. The summed E-state index contributed by atoms with van der Waals surface area (Å²) in [6.07, 6.45) is 1.83. The van der Waals surface area contributed by atoms with Gasteiger partial charge in [-0.05, 0) is 26.8 Å². The number of hydrogen-bond donors (Lipinski definition) is 0. The number of ether oxygens (including phenoxy) is 1. The second-order valence-electron chi connectivity index (χ2n) is 5.60. The van der Waals surface area contributed by atoms with E-state index in [1.807, 2.05) is 26.0 Å². The van der Waals surface area contributed by atoms with Crippen LogP contribution < -0.4 is 0 Å². The van der Waals surface area contributed by atoms with Crippen molar-refractivity contribution in [1.82, 2.24) is 0 Å². The molecule has 8 nitrogen and oxygen atoms in total. The normalized spacial score (nSPS) is 12.3. The highest BCUT2D eigenvalue weighted by molar-refractivity contribution is 6.45. The summed E-state index contributed by atoms with van der Waals surface area (Å²) >= 11 is 0. The number of esters is 1. The van der Waals surface area contributed by atoms with E-state index in [2.05, 4.69) is 15.5 Å². The van der Waals surface area contributed by atoms with Crippen LogP contribution in [0.4, 0.5) is 0 Å². The molecule has 0 fully saturated rings. The molecule has 0 spiro atoms. The molecule has 0 aliphatic rings. The van der Waals surface area contributed by atoms with Crippen LogP contribution in [0, 0.1) is 0 Å². The maximum absolute atomic E-state index is 12.0. The van der Waals surface area contributed by atoms with E-state index in [1.54, 1.807) is 25.1 Å². The molecule has 1 aromatic rings. The van der Waals surface area contributed by atoms with Gasteiger partial charge in [0, 0.05) is 11.1 Å². The van der Waals surface area contributed by atoms with Crippen LogP contribution in [0.2, 0.25) is 0 Å². The molecule has 0 bridgehead atoms. The lowest BCUT2D eigenvalue weighted by Gasteiger charge is -2.10. The first-order chi connectivity index (χ1) is 12.9. The van der Waals surface area contributed by atoms with Gasteiger partial charge in [0.25, 0.3) is 0 Å². The zero-order valence-electron chi connectivity index (χ0n) is 16.5. The molecule has 0 saturated carbocycles. The first kappa shape index (κ1) is 21.9. The average Bonchev–Trinajstić information content (AvgIpc) is 2.65. The third-order valence-corrected chi connectivity index (χ3v) is 3.24. The van der Waals surface area contributed by atoms with Crippen LogP contribution in [-0.4, -0.2) is 44.4 Å². The maximum atomic E-state index is 12.0. The molecular weight excluding hydrogens is 350 g/mol. The summed E-state index contributed by atoms with van der Waals surface area (Å²) in [6, 6.07) is 7.13. The van der Waals surface area contributed by atoms with Crippen LogP contribution >= 0.6 is 0 Å². The van der Waals surface area contributed by atoms with Gasteiger partial charge < -0.3 is 19.2 Å². The first-order valence-corrected chi connectivity index (χ1v) is 8.15. The summed E-state index contributed by atoms with van der Waals surface area (Å²) in [5.74, 6) is -0.609. The number of allylic oxidation sites excluding steroid dienone is 2. The zero-order chi connectivity index (χ0) is 20.2. The van der Waals surface area contributed by atoms with Gasteiger partial charge in [-0.1, -0.05) is 45.3 Å². The van der Waals surface area contributed by atoms with Crippen LogP contribution in [0.3, 0.4) is 0 Å². The Morgan fingerprint density at radius 3 is 2.26 bits per heavy atom. The molecule has 0 radical (unpaired) electrons. The van der Waals surface area contributed by atoms with Crippen molar-refractivity contribution < 1.29 is 24.0 Å². The second kappa shape index (κ2) is 11.5. The number of rotatable bonds is 9. The predicted molar refractivity (Wildman–Crippen MR) is 104 cm³/mol. The van der Waals surface area contributed by atoms with E-state index in [1.165, 1.54) is 21.3 Å². The van der Waals surface area contributed by atoms with Crippen molar-refractivity contribution >= 4 is 23.1 Å². The zero-order valence-corrected chi connectivity index (χ0v) is 16.5. The van der Waals surface area contributed by atoms with E-state index >= 15 is 0 Å². The molecule has 0 aromatic heterocycles. The Kier molecular flexibility index (Phi) is 9.28. The molecule has 146 valence electrons. The minimum Gasteiger partial charge on any atom is -0.464 e. The van der Waals surface area contributed by atoms with E-state index in [4.69, 9.17) is 19.2 Å². The Balaban J connectivity index is 3.04. The summed E-state index contributed by atoms with van der Waals surface area (Å²) in [5.41, 5.74) is 3.43. The lowest BCUT2D eigenvalue weighted by atomic mass is 10.0. The molecule has 8 heteroatoms. The minimum absolute atomic E-state index is 0.0473. The largest absolute Gasteiger partial charge is 0.464 e. The maximum Gasteiger partial charge on any atom is 0.360 e. The minimum atomic E-state index is -0.609. The molecule has 27 heavy (non-hydrogen) atoms. The van der Waals surface area contributed by atoms with Crippen molar-refractivity contribution in [3.63, 3.8) is 0 Å². The molecule has 0 saturated heterocycles. The number of benzene rings is 1. The van der Waals surface area contributed by atoms with Gasteiger partial charge in [-0.3, -0.25) is 0 Å². The van der Waals surface area contributed by atoms with Gasteiger partial charge in [-0.25, -0.2) is 4.79 Å². The number of carbonyl (C=O) groups excluding carboxylic acids is 1. The number of hydrogen-bond acceptors (Lipinski definition) is 8. The van der Waals surface area contributed by atoms with E-state index < -0.39 is 5.97 Å². The summed E-state index contributed by atoms with van der Waals surface area (Å²) < 4.78 is 4.76.